The highest BCUT2D eigenvalue weighted by Gasteiger charge is 2.29. The molecule has 1 fully saturated rings. The zero-order valence-corrected chi connectivity index (χ0v) is 11.5. The van der Waals surface area contributed by atoms with Crippen LogP contribution in [0.5, 0.6) is 0 Å². The van der Waals surface area contributed by atoms with Crippen LogP contribution in [0.25, 0.3) is 0 Å². The van der Waals surface area contributed by atoms with E-state index in [1.54, 1.807) is 12.1 Å². The van der Waals surface area contributed by atoms with Gasteiger partial charge >= 0.3 is 0 Å². The largest absolute Gasteiger partial charge is 0.370 e. The molecule has 0 unspecified atom stereocenters. The molecule has 1 aromatic heterocycles. The Morgan fingerprint density at radius 1 is 1.32 bits per heavy atom. The molecule has 0 aliphatic carbocycles. The van der Waals surface area contributed by atoms with Gasteiger partial charge in [0.05, 0.1) is 17.3 Å². The average Bonchev–Trinajstić information content (AvgIpc) is 2.71. The Hall–Kier alpha value is -1.62. The maximum absolute atomic E-state index is 11.6. The molecule has 0 aromatic carbocycles. The Kier molecular flexibility index (Phi) is 4.37. The van der Waals surface area contributed by atoms with Gasteiger partial charge in [-0.1, -0.05) is 18.5 Å². The first kappa shape index (κ1) is 13.8. The molecular weight excluding hydrogens is 266 g/mol. The number of hydrogen-bond donors (Lipinski definition) is 1. The van der Waals surface area contributed by atoms with Crippen molar-refractivity contribution in [2.75, 3.05) is 11.9 Å². The highest BCUT2D eigenvalue weighted by Crippen LogP contribution is 2.21. The molecule has 0 radical (unpaired) electrons. The monoisotopic (exact) mass is 281 g/mol. The van der Waals surface area contributed by atoms with E-state index in [4.69, 9.17) is 11.6 Å². The van der Waals surface area contributed by atoms with E-state index in [-0.39, 0.29) is 31.2 Å². The zero-order chi connectivity index (χ0) is 13.8. The first-order valence-electron chi connectivity index (χ1n) is 6.34. The number of nitrogens with one attached hydrogen (secondary N) is 1. The van der Waals surface area contributed by atoms with Crippen molar-refractivity contribution in [3.63, 3.8) is 0 Å². The third-order valence-corrected chi connectivity index (χ3v) is 3.28. The van der Waals surface area contributed by atoms with Crippen LogP contribution in [-0.2, 0) is 16.1 Å². The Balaban J connectivity index is 2.14. The van der Waals surface area contributed by atoms with Crippen molar-refractivity contribution in [2.45, 2.75) is 32.7 Å². The van der Waals surface area contributed by atoms with Crippen LogP contribution in [0.3, 0.4) is 0 Å². The highest BCUT2D eigenvalue weighted by atomic mass is 35.5. The Morgan fingerprint density at radius 2 is 2.00 bits per heavy atom. The first-order valence-corrected chi connectivity index (χ1v) is 6.72. The van der Waals surface area contributed by atoms with Crippen LogP contribution in [0.1, 0.15) is 31.9 Å². The van der Waals surface area contributed by atoms with Crippen LogP contribution in [0.4, 0.5) is 5.82 Å². The number of likely N-dealkylation sites (tertiary alicyclic amines) is 1. The van der Waals surface area contributed by atoms with Crippen LogP contribution < -0.4 is 5.32 Å². The van der Waals surface area contributed by atoms with Gasteiger partial charge in [0.1, 0.15) is 5.82 Å². The van der Waals surface area contributed by atoms with E-state index in [9.17, 15) is 9.59 Å². The van der Waals surface area contributed by atoms with E-state index in [0.717, 1.165) is 13.0 Å². The summed E-state index contributed by atoms with van der Waals surface area (Å²) in [5.74, 6) is 0.393. The van der Waals surface area contributed by atoms with E-state index in [0.29, 0.717) is 16.5 Å². The number of nitrogens with zero attached hydrogens (tertiary/aromatic N) is 2. The van der Waals surface area contributed by atoms with Crippen molar-refractivity contribution in [3.8, 4) is 0 Å². The number of rotatable bonds is 5. The van der Waals surface area contributed by atoms with Crippen molar-refractivity contribution in [1.82, 2.24) is 9.88 Å². The fourth-order valence-corrected chi connectivity index (χ4v) is 2.06. The van der Waals surface area contributed by atoms with Crippen molar-refractivity contribution in [3.05, 3.63) is 22.8 Å². The van der Waals surface area contributed by atoms with Gasteiger partial charge in [-0.15, -0.1) is 0 Å². The number of hydrogen-bond acceptors (Lipinski definition) is 4. The summed E-state index contributed by atoms with van der Waals surface area (Å²) in [6.45, 7) is 3.03. The minimum Gasteiger partial charge on any atom is -0.370 e. The molecule has 2 rings (SSSR count). The van der Waals surface area contributed by atoms with E-state index < -0.39 is 0 Å². The number of carbonyl (C=O) groups is 2. The van der Waals surface area contributed by atoms with Crippen LogP contribution >= 0.6 is 11.6 Å². The van der Waals surface area contributed by atoms with Gasteiger partial charge in [-0.25, -0.2) is 4.98 Å². The molecule has 1 aromatic rings. The summed E-state index contributed by atoms with van der Waals surface area (Å²) < 4.78 is 0. The molecule has 0 bridgehead atoms. The second kappa shape index (κ2) is 6.02. The molecule has 102 valence electrons. The molecular formula is C13H16ClN3O2. The number of anilines is 1. The van der Waals surface area contributed by atoms with Gasteiger partial charge in [0, 0.05) is 19.4 Å². The first-order chi connectivity index (χ1) is 9.11. The number of aromatic nitrogens is 1. The second-order valence-electron chi connectivity index (χ2n) is 4.43. The van der Waals surface area contributed by atoms with Crippen molar-refractivity contribution >= 4 is 29.2 Å². The second-order valence-corrected chi connectivity index (χ2v) is 4.83. The van der Waals surface area contributed by atoms with E-state index in [1.807, 2.05) is 0 Å². The summed E-state index contributed by atoms with van der Waals surface area (Å²) >= 11 is 6.06. The molecule has 1 aliphatic rings. The Labute approximate surface area is 117 Å². The van der Waals surface area contributed by atoms with E-state index >= 15 is 0 Å². The van der Waals surface area contributed by atoms with Gasteiger partial charge in [-0.3, -0.25) is 14.5 Å². The molecule has 1 aliphatic heterocycles. The molecule has 2 amide bonds. The smallest absolute Gasteiger partial charge is 0.230 e. The van der Waals surface area contributed by atoms with Crippen molar-refractivity contribution in [2.24, 2.45) is 0 Å². The van der Waals surface area contributed by atoms with Crippen molar-refractivity contribution in [1.29, 1.82) is 0 Å². The molecule has 2 heterocycles. The summed E-state index contributed by atoms with van der Waals surface area (Å²) in [7, 11) is 0. The molecule has 1 N–H and O–H groups in total. The molecule has 5 nitrogen and oxygen atoms in total. The molecule has 0 atom stereocenters. The van der Waals surface area contributed by atoms with Crippen LogP contribution in [-0.4, -0.2) is 28.2 Å². The predicted octanol–water partition coefficient (Wildman–Crippen LogP) is 2.21. The van der Waals surface area contributed by atoms with Gasteiger partial charge < -0.3 is 5.32 Å². The van der Waals surface area contributed by atoms with Gasteiger partial charge in [0.2, 0.25) is 11.8 Å². The fourth-order valence-electron chi connectivity index (χ4n) is 1.90. The standard InChI is InChI=1S/C13H16ClN3O2/c1-2-7-15-11-4-3-9(14)10(16-11)8-17-12(18)5-6-13(17)19/h3-4H,2,5-8H2,1H3,(H,15,16). The van der Waals surface area contributed by atoms with Crippen molar-refractivity contribution < 1.29 is 9.59 Å². The SMILES string of the molecule is CCCNc1ccc(Cl)c(CN2C(=O)CCC2=O)n1. The summed E-state index contributed by atoms with van der Waals surface area (Å²) in [5, 5.41) is 3.62. The quantitative estimate of drug-likeness (QED) is 0.841. The summed E-state index contributed by atoms with van der Waals surface area (Å²) in [4.78, 5) is 28.7. The molecule has 0 spiro atoms. The molecule has 6 heteroatoms. The number of halogens is 1. The topological polar surface area (TPSA) is 62.3 Å². The summed E-state index contributed by atoms with van der Waals surface area (Å²) in [6.07, 6.45) is 1.55. The van der Waals surface area contributed by atoms with Gasteiger partial charge in [0.15, 0.2) is 0 Å². The predicted molar refractivity (Wildman–Crippen MR) is 72.8 cm³/mol. The fraction of sp³-hybridized carbons (Fsp3) is 0.462. The number of imide groups is 1. The Bertz CT molecular complexity index is 489. The molecule has 19 heavy (non-hydrogen) atoms. The zero-order valence-electron chi connectivity index (χ0n) is 10.8. The van der Waals surface area contributed by atoms with E-state index in [2.05, 4.69) is 17.2 Å². The lowest BCUT2D eigenvalue weighted by Crippen LogP contribution is -2.29. The van der Waals surface area contributed by atoms with Crippen LogP contribution in [0.2, 0.25) is 5.02 Å². The lowest BCUT2D eigenvalue weighted by Gasteiger charge is -2.15. The summed E-state index contributed by atoms with van der Waals surface area (Å²) in [6, 6.07) is 3.52. The average molecular weight is 282 g/mol. The summed E-state index contributed by atoms with van der Waals surface area (Å²) in [5.41, 5.74) is 0.548. The van der Waals surface area contributed by atoms with E-state index in [1.165, 1.54) is 4.90 Å². The lowest BCUT2D eigenvalue weighted by atomic mass is 10.3. The number of carbonyl (C=O) groups excluding carboxylic acids is 2. The number of pyridine rings is 1. The van der Waals surface area contributed by atoms with Gasteiger partial charge in [-0.05, 0) is 18.6 Å². The van der Waals surface area contributed by atoms with Crippen LogP contribution in [0, 0.1) is 0 Å². The minimum atomic E-state index is -0.158. The normalized spacial score (nSPS) is 15.2. The van der Waals surface area contributed by atoms with Gasteiger partial charge in [-0.2, -0.15) is 0 Å². The third kappa shape index (κ3) is 3.23. The maximum atomic E-state index is 11.6. The Morgan fingerprint density at radius 3 is 2.63 bits per heavy atom. The molecule has 0 saturated carbocycles. The molecule has 1 saturated heterocycles. The third-order valence-electron chi connectivity index (χ3n) is 2.94. The number of amides is 2. The minimum absolute atomic E-state index is 0.151. The highest BCUT2D eigenvalue weighted by molar-refractivity contribution is 6.31. The lowest BCUT2D eigenvalue weighted by molar-refractivity contribution is -0.139. The van der Waals surface area contributed by atoms with Gasteiger partial charge in [0.25, 0.3) is 0 Å². The van der Waals surface area contributed by atoms with Crippen LogP contribution in [0.15, 0.2) is 12.1 Å². The maximum Gasteiger partial charge on any atom is 0.230 e.